The van der Waals surface area contributed by atoms with Gasteiger partial charge >= 0.3 is 0 Å². The van der Waals surface area contributed by atoms with Gasteiger partial charge in [-0.3, -0.25) is 4.72 Å². The number of rotatable bonds is 5. The first-order chi connectivity index (χ1) is 12.2. The fourth-order valence-electron chi connectivity index (χ4n) is 3.00. The van der Waals surface area contributed by atoms with Gasteiger partial charge in [-0.05, 0) is 55.3 Å². The monoisotopic (exact) mass is 433 g/mol. The summed E-state index contributed by atoms with van der Waals surface area (Å²) >= 11 is 11.8. The molecule has 0 spiro atoms. The summed E-state index contributed by atoms with van der Waals surface area (Å²) in [7, 11) is -7.33. The van der Waals surface area contributed by atoms with Crippen molar-refractivity contribution in [2.75, 3.05) is 4.72 Å². The van der Waals surface area contributed by atoms with Crippen LogP contribution in [0.25, 0.3) is 0 Å². The van der Waals surface area contributed by atoms with Gasteiger partial charge in [0.25, 0.3) is 10.0 Å². The zero-order chi connectivity index (χ0) is 18.9. The van der Waals surface area contributed by atoms with Crippen molar-refractivity contribution in [3.05, 3.63) is 52.5 Å². The Balaban J connectivity index is 1.84. The molecular formula is C17H17Cl2NO4S2. The van der Waals surface area contributed by atoms with Gasteiger partial charge in [0.1, 0.15) is 4.90 Å². The van der Waals surface area contributed by atoms with E-state index in [1.54, 1.807) is 0 Å². The lowest BCUT2D eigenvalue weighted by Gasteiger charge is -2.13. The van der Waals surface area contributed by atoms with Gasteiger partial charge in [0.05, 0.1) is 15.2 Å². The minimum Gasteiger partial charge on any atom is -0.280 e. The molecule has 1 saturated carbocycles. The maximum absolute atomic E-state index is 12.6. The average molecular weight is 434 g/mol. The Kier molecular flexibility index (Phi) is 5.53. The third kappa shape index (κ3) is 4.01. The molecule has 26 heavy (non-hydrogen) atoms. The first-order valence-electron chi connectivity index (χ1n) is 8.02. The van der Waals surface area contributed by atoms with Gasteiger partial charge in [0.2, 0.25) is 0 Å². The quantitative estimate of drug-likeness (QED) is 0.751. The third-order valence-corrected chi connectivity index (χ3v) is 8.74. The highest BCUT2D eigenvalue weighted by molar-refractivity contribution is 7.93. The number of hydrogen-bond donors (Lipinski definition) is 1. The van der Waals surface area contributed by atoms with Crippen LogP contribution in [0, 0.1) is 0 Å². The fourth-order valence-corrected chi connectivity index (χ4v) is 6.67. The van der Waals surface area contributed by atoms with E-state index in [2.05, 4.69) is 4.72 Å². The van der Waals surface area contributed by atoms with E-state index in [4.69, 9.17) is 23.2 Å². The van der Waals surface area contributed by atoms with Crippen molar-refractivity contribution in [2.45, 2.75) is 40.7 Å². The minimum absolute atomic E-state index is 0.0438. The Morgan fingerprint density at radius 1 is 0.885 bits per heavy atom. The molecule has 1 aliphatic carbocycles. The van der Waals surface area contributed by atoms with Crippen molar-refractivity contribution in [3.63, 3.8) is 0 Å². The zero-order valence-corrected chi connectivity index (χ0v) is 16.8. The first kappa shape index (κ1) is 19.5. The van der Waals surface area contributed by atoms with Gasteiger partial charge in [-0.2, -0.15) is 0 Å². The van der Waals surface area contributed by atoms with Crippen LogP contribution in [0.2, 0.25) is 10.0 Å². The van der Waals surface area contributed by atoms with E-state index in [1.165, 1.54) is 42.5 Å². The van der Waals surface area contributed by atoms with Crippen LogP contribution in [0.5, 0.6) is 0 Å². The highest BCUT2D eigenvalue weighted by Crippen LogP contribution is 2.31. The molecule has 1 fully saturated rings. The SMILES string of the molecule is O=S(=O)(Nc1ccc(S(=O)(=O)C2CCCC2)cc1)c1cc(Cl)ccc1Cl. The standard InChI is InChI=1S/C17H17Cl2NO4S2/c18-12-5-10-16(19)17(11-12)26(23,24)20-13-6-8-15(9-7-13)25(21,22)14-3-1-2-4-14/h5-11,14,20H,1-4H2. The predicted octanol–water partition coefficient (Wildman–Crippen LogP) is 4.51. The van der Waals surface area contributed by atoms with Crippen LogP contribution in [-0.4, -0.2) is 22.1 Å². The highest BCUT2D eigenvalue weighted by Gasteiger charge is 2.30. The number of halogens is 2. The Morgan fingerprint density at radius 3 is 2.12 bits per heavy atom. The normalized spacial score (nSPS) is 15.9. The molecule has 0 aliphatic heterocycles. The molecule has 0 amide bonds. The van der Waals surface area contributed by atoms with E-state index in [9.17, 15) is 16.8 Å². The lowest BCUT2D eigenvalue weighted by Crippen LogP contribution is -2.18. The van der Waals surface area contributed by atoms with Crippen molar-refractivity contribution in [1.29, 1.82) is 0 Å². The maximum Gasteiger partial charge on any atom is 0.263 e. The number of benzene rings is 2. The average Bonchev–Trinajstić information content (AvgIpc) is 3.12. The van der Waals surface area contributed by atoms with Crippen LogP contribution < -0.4 is 4.72 Å². The van der Waals surface area contributed by atoms with E-state index in [-0.39, 0.29) is 30.8 Å². The molecule has 5 nitrogen and oxygen atoms in total. The van der Waals surface area contributed by atoms with Crippen LogP contribution >= 0.6 is 23.2 Å². The number of sulfonamides is 1. The minimum atomic E-state index is -3.95. The van der Waals surface area contributed by atoms with Crippen molar-refractivity contribution >= 4 is 48.7 Å². The maximum atomic E-state index is 12.6. The van der Waals surface area contributed by atoms with Crippen molar-refractivity contribution in [2.24, 2.45) is 0 Å². The largest absolute Gasteiger partial charge is 0.280 e. The zero-order valence-electron chi connectivity index (χ0n) is 13.7. The van der Waals surface area contributed by atoms with Crippen molar-refractivity contribution in [1.82, 2.24) is 0 Å². The number of anilines is 1. The Morgan fingerprint density at radius 2 is 1.50 bits per heavy atom. The summed E-state index contributed by atoms with van der Waals surface area (Å²) in [5.41, 5.74) is 0.242. The summed E-state index contributed by atoms with van der Waals surface area (Å²) in [5.74, 6) is 0. The van der Waals surface area contributed by atoms with Crippen LogP contribution in [0.3, 0.4) is 0 Å². The Hall–Kier alpha value is -1.28. The predicted molar refractivity (Wildman–Crippen MR) is 103 cm³/mol. The molecule has 1 N–H and O–H groups in total. The number of hydrogen-bond acceptors (Lipinski definition) is 4. The van der Waals surface area contributed by atoms with Gasteiger partial charge in [-0.25, -0.2) is 16.8 Å². The fraction of sp³-hybridized carbons (Fsp3) is 0.294. The second kappa shape index (κ2) is 7.38. The molecule has 3 rings (SSSR count). The molecule has 2 aromatic rings. The second-order valence-corrected chi connectivity index (χ2v) is 10.9. The summed E-state index contributed by atoms with van der Waals surface area (Å²) < 4.78 is 52.5. The summed E-state index contributed by atoms with van der Waals surface area (Å²) in [6, 6.07) is 9.85. The van der Waals surface area contributed by atoms with Gasteiger partial charge < -0.3 is 0 Å². The van der Waals surface area contributed by atoms with E-state index < -0.39 is 19.9 Å². The molecular weight excluding hydrogens is 417 g/mol. The topological polar surface area (TPSA) is 80.3 Å². The molecule has 0 saturated heterocycles. The van der Waals surface area contributed by atoms with Crippen LogP contribution in [0.15, 0.2) is 52.3 Å². The number of nitrogens with one attached hydrogen (secondary N) is 1. The smallest absolute Gasteiger partial charge is 0.263 e. The molecule has 140 valence electrons. The van der Waals surface area contributed by atoms with Gasteiger partial charge in [-0.1, -0.05) is 36.0 Å². The molecule has 9 heteroatoms. The lowest BCUT2D eigenvalue weighted by molar-refractivity contribution is 0.579. The van der Waals surface area contributed by atoms with Gasteiger partial charge in [-0.15, -0.1) is 0 Å². The first-order valence-corrected chi connectivity index (χ1v) is 11.8. The molecule has 0 atom stereocenters. The molecule has 2 aromatic carbocycles. The third-order valence-electron chi connectivity index (χ3n) is 4.36. The van der Waals surface area contributed by atoms with Crippen molar-refractivity contribution < 1.29 is 16.8 Å². The summed E-state index contributed by atoms with van der Waals surface area (Å²) in [6.07, 6.45) is 3.18. The molecule has 1 aliphatic rings. The summed E-state index contributed by atoms with van der Waals surface area (Å²) in [5, 5.41) is -0.0644. The molecule has 0 heterocycles. The van der Waals surface area contributed by atoms with Crippen LogP contribution in [-0.2, 0) is 19.9 Å². The van der Waals surface area contributed by atoms with Crippen LogP contribution in [0.1, 0.15) is 25.7 Å². The molecule has 0 radical (unpaired) electrons. The van der Waals surface area contributed by atoms with Gasteiger partial charge in [0, 0.05) is 10.7 Å². The summed E-state index contributed by atoms with van der Waals surface area (Å²) in [4.78, 5) is 0.0578. The lowest BCUT2D eigenvalue weighted by atomic mass is 10.3. The molecule has 0 aromatic heterocycles. The summed E-state index contributed by atoms with van der Waals surface area (Å²) in [6.45, 7) is 0. The van der Waals surface area contributed by atoms with Gasteiger partial charge in [0.15, 0.2) is 9.84 Å². The number of sulfone groups is 1. The van der Waals surface area contributed by atoms with E-state index in [1.807, 2.05) is 0 Å². The Bertz CT molecular complexity index is 1010. The van der Waals surface area contributed by atoms with Crippen molar-refractivity contribution in [3.8, 4) is 0 Å². The van der Waals surface area contributed by atoms with E-state index in [0.717, 1.165) is 12.8 Å². The molecule has 0 bridgehead atoms. The van der Waals surface area contributed by atoms with E-state index >= 15 is 0 Å². The molecule has 0 unspecified atom stereocenters. The Labute approximate surface area is 163 Å². The van der Waals surface area contributed by atoms with Crippen LogP contribution in [0.4, 0.5) is 5.69 Å². The highest BCUT2D eigenvalue weighted by atomic mass is 35.5. The van der Waals surface area contributed by atoms with E-state index in [0.29, 0.717) is 12.8 Å². The second-order valence-electron chi connectivity index (χ2n) is 6.16.